The minimum Gasteiger partial charge on any atom is -0.472 e. The Labute approximate surface area is 352 Å². The number of rotatable bonds is 5. The fourth-order valence-corrected chi connectivity index (χ4v) is 10.2. The van der Waals surface area contributed by atoms with E-state index in [1.807, 2.05) is 32.6 Å². The Balaban J connectivity index is 1.21. The Morgan fingerprint density at radius 1 is 1.05 bits per heavy atom. The van der Waals surface area contributed by atoms with Crippen molar-refractivity contribution in [3.05, 3.63) is 41.7 Å². The Kier molecular flexibility index (Phi) is 9.54. The summed E-state index contributed by atoms with van der Waals surface area (Å²) in [7, 11) is 0. The number of nitrogens with zero attached hydrogens (tertiary/aromatic N) is 6. The van der Waals surface area contributed by atoms with Gasteiger partial charge in [0.2, 0.25) is 5.88 Å². The molecular weight excluding hydrogens is 792 g/mol. The molecule has 0 spiro atoms. The number of piperazine rings is 1. The van der Waals surface area contributed by atoms with Gasteiger partial charge in [0.15, 0.2) is 5.82 Å². The van der Waals surface area contributed by atoms with Crippen LogP contribution in [0.2, 0.25) is 0 Å². The number of pyridine rings is 1. The summed E-state index contributed by atoms with van der Waals surface area (Å²) in [5, 5.41) is 4.06. The predicted octanol–water partition coefficient (Wildman–Crippen LogP) is 8.30. The summed E-state index contributed by atoms with van der Waals surface area (Å²) < 4.78 is 72.0. The summed E-state index contributed by atoms with van der Waals surface area (Å²) in [6.07, 6.45) is 6.50. The van der Waals surface area contributed by atoms with Gasteiger partial charge in [-0.3, -0.25) is 15.1 Å². The van der Waals surface area contributed by atoms with Crippen molar-refractivity contribution in [2.24, 2.45) is 0 Å². The zero-order chi connectivity index (χ0) is 43.4. The Hall–Kier alpha value is -5.56. The SMILES string of the molecule is C#Cc1cccc2cc(NC(=O)OC(C)(C)C)cc(-c3nc4c5c(nc(OC[C@]67CCCN6CC(F)(F)C7)nc5c3F)N3C[C@H]5CC[C@@H]([C@H]3[C@H](C)O4)N5C(=O)OC(C)(C)C)c12. The number of hydrogen-bond acceptors (Lipinski definition) is 11. The summed E-state index contributed by atoms with van der Waals surface area (Å²) in [6, 6.07) is 7.29. The van der Waals surface area contributed by atoms with E-state index in [9.17, 15) is 18.4 Å². The molecule has 5 atom stereocenters. The van der Waals surface area contributed by atoms with E-state index in [1.165, 1.54) is 0 Å². The van der Waals surface area contributed by atoms with Crippen molar-refractivity contribution < 1.29 is 41.7 Å². The highest BCUT2D eigenvalue weighted by Crippen LogP contribution is 2.49. The van der Waals surface area contributed by atoms with Gasteiger partial charge in [0, 0.05) is 35.2 Å². The minimum absolute atomic E-state index is 0.0439. The maximum atomic E-state index is 17.8. The monoisotopic (exact) mass is 841 g/mol. The summed E-state index contributed by atoms with van der Waals surface area (Å²) in [6.45, 7) is 12.9. The fraction of sp³-hybridized carbons (Fsp3) is 0.533. The lowest BCUT2D eigenvalue weighted by Gasteiger charge is -2.48. The number of anilines is 2. The van der Waals surface area contributed by atoms with Gasteiger partial charge in [-0.2, -0.15) is 9.97 Å². The molecule has 2 aromatic carbocycles. The van der Waals surface area contributed by atoms with Crippen LogP contribution in [0.15, 0.2) is 30.3 Å². The van der Waals surface area contributed by atoms with Crippen LogP contribution in [-0.2, 0) is 9.47 Å². The molecule has 0 unspecified atom stereocenters. The van der Waals surface area contributed by atoms with Crippen molar-refractivity contribution >= 4 is 45.4 Å². The second-order valence-electron chi connectivity index (χ2n) is 19.1. The normalized spacial score (nSPS) is 25.4. The molecular formula is C45H50F3N7O6. The molecule has 0 radical (unpaired) electrons. The van der Waals surface area contributed by atoms with Crippen LogP contribution in [0.5, 0.6) is 11.9 Å². The van der Waals surface area contributed by atoms with Gasteiger partial charge >= 0.3 is 18.2 Å². The molecule has 4 fully saturated rings. The molecule has 0 saturated carbocycles. The number of benzene rings is 2. The van der Waals surface area contributed by atoms with Crippen LogP contribution in [0, 0.1) is 18.2 Å². The maximum Gasteiger partial charge on any atom is 0.412 e. The minimum atomic E-state index is -2.87. The first-order chi connectivity index (χ1) is 28.7. The van der Waals surface area contributed by atoms with Crippen molar-refractivity contribution in [2.45, 2.75) is 127 Å². The number of carbonyl (C=O) groups is 2. The Morgan fingerprint density at radius 3 is 2.56 bits per heavy atom. The topological polar surface area (TPSA) is 131 Å². The summed E-state index contributed by atoms with van der Waals surface area (Å²) >= 11 is 0. The van der Waals surface area contributed by atoms with Crippen LogP contribution < -0.4 is 19.7 Å². The molecule has 2 amide bonds. The van der Waals surface area contributed by atoms with Crippen LogP contribution >= 0.6 is 0 Å². The zero-order valence-electron chi connectivity index (χ0n) is 35.4. The lowest BCUT2D eigenvalue weighted by Crippen LogP contribution is -2.65. The van der Waals surface area contributed by atoms with E-state index in [4.69, 9.17) is 35.3 Å². The van der Waals surface area contributed by atoms with Gasteiger partial charge in [-0.05, 0) is 104 Å². The van der Waals surface area contributed by atoms with E-state index < -0.39 is 52.8 Å². The van der Waals surface area contributed by atoms with E-state index in [0.29, 0.717) is 60.2 Å². The van der Waals surface area contributed by atoms with Gasteiger partial charge < -0.3 is 23.8 Å². The number of ether oxygens (including phenoxy) is 4. The quantitative estimate of drug-likeness (QED) is 0.195. The van der Waals surface area contributed by atoms with Gasteiger partial charge in [0.05, 0.1) is 30.2 Å². The van der Waals surface area contributed by atoms with Crippen molar-refractivity contribution in [3.63, 3.8) is 0 Å². The number of nitrogens with one attached hydrogen (secondary N) is 1. The lowest BCUT2D eigenvalue weighted by molar-refractivity contribution is 0.000851. The van der Waals surface area contributed by atoms with Crippen molar-refractivity contribution in [2.75, 3.05) is 36.5 Å². The first-order valence-corrected chi connectivity index (χ1v) is 20.9. The highest BCUT2D eigenvalue weighted by atomic mass is 19.3. The number of fused-ring (bicyclic) bond motifs is 7. The van der Waals surface area contributed by atoms with E-state index in [1.54, 1.807) is 60.9 Å². The number of aromatic nitrogens is 3. The number of hydrogen-bond donors (Lipinski definition) is 1. The zero-order valence-corrected chi connectivity index (χ0v) is 35.4. The predicted molar refractivity (Wildman–Crippen MR) is 223 cm³/mol. The molecule has 1 N–H and O–H groups in total. The largest absolute Gasteiger partial charge is 0.472 e. The molecule has 9 rings (SSSR count). The number of alkyl halides is 2. The van der Waals surface area contributed by atoms with Crippen LogP contribution in [0.25, 0.3) is 32.9 Å². The third-order valence-electron chi connectivity index (χ3n) is 12.3. The van der Waals surface area contributed by atoms with Gasteiger partial charge in [-0.1, -0.05) is 18.1 Å². The van der Waals surface area contributed by atoms with Gasteiger partial charge in [0.1, 0.15) is 46.3 Å². The number of terminal acetylenes is 1. The van der Waals surface area contributed by atoms with Gasteiger partial charge in [-0.25, -0.2) is 27.7 Å². The molecule has 2 bridgehead atoms. The molecule has 4 aromatic rings. The molecule has 0 aliphatic carbocycles. The molecule has 61 heavy (non-hydrogen) atoms. The molecule has 7 heterocycles. The molecule has 5 aliphatic rings. The standard InChI is InChI=1S/C45H50F3N7O6/c1-9-25-12-10-13-26-18-27(49-40(56)60-42(3,4)5)19-29(31(25)26)34-33(46)35-32-37(52-39(51-35)58-23-44-16-11-17-53(44)22-45(47,48)21-44)54-20-28-14-15-30(36(54)24(2)59-38(32)50-34)55(28)41(57)61-43(6,7)8/h1,10,12-13,18-19,24,28,30,36H,11,14-17,20-23H2,2-8H3,(H,49,56)/t24-,28+,30-,36+,44+/m0/s1. The fourth-order valence-electron chi connectivity index (χ4n) is 10.2. The van der Waals surface area contributed by atoms with E-state index >= 15 is 4.39 Å². The molecule has 13 nitrogen and oxygen atoms in total. The van der Waals surface area contributed by atoms with Crippen LogP contribution in [0.1, 0.15) is 86.1 Å². The molecule has 322 valence electrons. The average molecular weight is 842 g/mol. The number of halogens is 3. The smallest absolute Gasteiger partial charge is 0.412 e. The van der Waals surface area contributed by atoms with Crippen LogP contribution in [0.3, 0.4) is 0 Å². The van der Waals surface area contributed by atoms with Crippen molar-refractivity contribution in [3.8, 4) is 35.5 Å². The van der Waals surface area contributed by atoms with Gasteiger partial charge in [-0.15, -0.1) is 6.42 Å². The van der Waals surface area contributed by atoms with Crippen molar-refractivity contribution in [1.82, 2.24) is 24.8 Å². The maximum absolute atomic E-state index is 17.8. The first-order valence-electron chi connectivity index (χ1n) is 20.9. The Bertz CT molecular complexity index is 2520. The number of amides is 2. The molecule has 16 heteroatoms. The number of carbonyl (C=O) groups excluding carboxylic acids is 2. The second-order valence-corrected chi connectivity index (χ2v) is 19.1. The molecule has 2 aromatic heterocycles. The highest BCUT2D eigenvalue weighted by Gasteiger charge is 2.58. The van der Waals surface area contributed by atoms with E-state index in [0.717, 1.165) is 6.42 Å². The van der Waals surface area contributed by atoms with Gasteiger partial charge in [0.25, 0.3) is 5.92 Å². The first kappa shape index (κ1) is 40.8. The second kappa shape index (κ2) is 14.3. The van der Waals surface area contributed by atoms with E-state index in [2.05, 4.69) is 16.2 Å². The highest BCUT2D eigenvalue weighted by molar-refractivity contribution is 6.06. The molecule has 5 aliphatic heterocycles. The Morgan fingerprint density at radius 2 is 1.82 bits per heavy atom. The lowest BCUT2D eigenvalue weighted by atomic mass is 9.94. The summed E-state index contributed by atoms with van der Waals surface area (Å²) in [4.78, 5) is 46.8. The third-order valence-corrected chi connectivity index (χ3v) is 12.3. The van der Waals surface area contributed by atoms with Crippen LogP contribution in [0.4, 0.5) is 34.3 Å². The van der Waals surface area contributed by atoms with E-state index in [-0.39, 0.29) is 65.7 Å². The average Bonchev–Trinajstić information content (AvgIpc) is 3.74. The third kappa shape index (κ3) is 7.28. The molecule has 4 saturated heterocycles. The summed E-state index contributed by atoms with van der Waals surface area (Å²) in [5.74, 6) is -0.669. The van der Waals surface area contributed by atoms with Crippen LogP contribution in [-0.4, -0.2) is 110 Å². The van der Waals surface area contributed by atoms with Crippen molar-refractivity contribution in [1.29, 1.82) is 0 Å². The summed E-state index contributed by atoms with van der Waals surface area (Å²) in [5.41, 5.74) is -1.77.